The molecule has 1 heterocycles. The Morgan fingerprint density at radius 1 is 1.00 bits per heavy atom. The number of nitrogens with one attached hydrogen (secondary N) is 1. The van der Waals surface area contributed by atoms with E-state index in [2.05, 4.69) is 4.98 Å². The summed E-state index contributed by atoms with van der Waals surface area (Å²) in [5, 5.41) is 0. The van der Waals surface area contributed by atoms with Crippen LogP contribution in [-0.2, 0) is 0 Å². The number of oxazole rings is 1. The molecule has 2 aromatic carbocycles. The van der Waals surface area contributed by atoms with Gasteiger partial charge in [0.2, 0.25) is 0 Å². The highest BCUT2D eigenvalue weighted by atomic mass is 16.4. The van der Waals surface area contributed by atoms with Gasteiger partial charge in [0.15, 0.2) is 11.4 Å². The summed E-state index contributed by atoms with van der Waals surface area (Å²) in [6, 6.07) is 13.9. The molecule has 0 amide bonds. The van der Waals surface area contributed by atoms with Gasteiger partial charge in [0, 0.05) is 5.56 Å². The van der Waals surface area contributed by atoms with E-state index in [0.717, 1.165) is 0 Å². The van der Waals surface area contributed by atoms with Gasteiger partial charge in [-0.2, -0.15) is 0 Å². The molecule has 0 saturated carbocycles. The van der Waals surface area contributed by atoms with Gasteiger partial charge in [0.1, 0.15) is 0 Å². The minimum atomic E-state index is -0.557. The minimum Gasteiger partial charge on any atom is -0.408 e. The number of fused-ring (bicyclic) bond motifs is 1. The zero-order valence-electron chi connectivity index (χ0n) is 9.34. The highest BCUT2D eigenvalue weighted by Crippen LogP contribution is 2.18. The van der Waals surface area contributed by atoms with Crippen molar-refractivity contribution in [3.8, 4) is 0 Å². The molecule has 1 aromatic heterocycles. The number of H-pyrrole nitrogens is 1. The Bertz CT molecular complexity index is 768. The van der Waals surface area contributed by atoms with Crippen molar-refractivity contribution in [3.05, 3.63) is 70.2 Å². The molecule has 4 heteroatoms. The van der Waals surface area contributed by atoms with Crippen LogP contribution in [0.4, 0.5) is 0 Å². The third kappa shape index (κ3) is 1.64. The predicted octanol–water partition coefficient (Wildman–Crippen LogP) is 2.35. The monoisotopic (exact) mass is 239 g/mol. The van der Waals surface area contributed by atoms with Crippen molar-refractivity contribution in [2.24, 2.45) is 0 Å². The average molecular weight is 239 g/mol. The lowest BCUT2D eigenvalue weighted by molar-refractivity contribution is 0.104. The molecule has 0 aliphatic heterocycles. The summed E-state index contributed by atoms with van der Waals surface area (Å²) in [5.41, 5.74) is 1.84. The smallest absolute Gasteiger partial charge is 0.408 e. The van der Waals surface area contributed by atoms with E-state index in [0.29, 0.717) is 22.2 Å². The zero-order chi connectivity index (χ0) is 12.5. The summed E-state index contributed by atoms with van der Waals surface area (Å²) in [4.78, 5) is 26.0. The molecule has 3 aromatic rings. The maximum absolute atomic E-state index is 12.3. The van der Waals surface area contributed by atoms with Gasteiger partial charge in [-0.05, 0) is 12.1 Å². The Hall–Kier alpha value is -2.62. The predicted molar refractivity (Wildman–Crippen MR) is 66.7 cm³/mol. The van der Waals surface area contributed by atoms with Crippen molar-refractivity contribution in [3.63, 3.8) is 0 Å². The molecule has 0 aliphatic carbocycles. The number of ketones is 1. The molecule has 0 spiro atoms. The normalized spacial score (nSPS) is 10.7. The number of benzene rings is 2. The van der Waals surface area contributed by atoms with Gasteiger partial charge in [-0.25, -0.2) is 4.79 Å². The topological polar surface area (TPSA) is 63.1 Å². The Morgan fingerprint density at radius 2 is 1.78 bits per heavy atom. The number of aromatic amines is 1. The van der Waals surface area contributed by atoms with Crippen molar-refractivity contribution in [2.45, 2.75) is 0 Å². The number of carbonyl (C=O) groups excluding carboxylic acids is 1. The highest BCUT2D eigenvalue weighted by molar-refractivity contribution is 6.14. The summed E-state index contributed by atoms with van der Waals surface area (Å²) in [7, 11) is 0. The first-order valence-corrected chi connectivity index (χ1v) is 5.47. The van der Waals surface area contributed by atoms with Gasteiger partial charge in [-0.3, -0.25) is 9.78 Å². The average Bonchev–Trinajstić information content (AvgIpc) is 2.79. The lowest BCUT2D eigenvalue weighted by Crippen LogP contribution is -2.02. The summed E-state index contributed by atoms with van der Waals surface area (Å²) in [6.45, 7) is 0. The van der Waals surface area contributed by atoms with E-state index in [4.69, 9.17) is 4.42 Å². The van der Waals surface area contributed by atoms with Crippen molar-refractivity contribution in [1.82, 2.24) is 4.98 Å². The lowest BCUT2D eigenvalue weighted by Gasteiger charge is -2.01. The van der Waals surface area contributed by atoms with Crippen LogP contribution in [0.3, 0.4) is 0 Å². The molecule has 0 fully saturated rings. The van der Waals surface area contributed by atoms with Gasteiger partial charge >= 0.3 is 5.76 Å². The van der Waals surface area contributed by atoms with E-state index < -0.39 is 5.76 Å². The summed E-state index contributed by atoms with van der Waals surface area (Å²) < 4.78 is 4.93. The van der Waals surface area contributed by atoms with Gasteiger partial charge in [0.25, 0.3) is 0 Å². The van der Waals surface area contributed by atoms with Crippen LogP contribution in [0.15, 0.2) is 57.7 Å². The van der Waals surface area contributed by atoms with Crippen molar-refractivity contribution < 1.29 is 9.21 Å². The molecule has 3 rings (SSSR count). The Kier molecular flexibility index (Phi) is 2.34. The third-order valence-electron chi connectivity index (χ3n) is 2.74. The van der Waals surface area contributed by atoms with Crippen LogP contribution in [0.1, 0.15) is 15.9 Å². The van der Waals surface area contributed by atoms with Crippen LogP contribution in [0.5, 0.6) is 0 Å². The van der Waals surface area contributed by atoms with E-state index in [9.17, 15) is 9.59 Å². The quantitative estimate of drug-likeness (QED) is 0.698. The molecule has 0 atom stereocenters. The summed E-state index contributed by atoms with van der Waals surface area (Å²) in [6.07, 6.45) is 0. The molecule has 0 radical (unpaired) electrons. The SMILES string of the molecule is O=C(c1ccccc1)c1cccc2oc(=O)[nH]c12. The third-order valence-corrected chi connectivity index (χ3v) is 2.74. The Balaban J connectivity index is 2.21. The second-order valence-electron chi connectivity index (χ2n) is 3.89. The van der Waals surface area contributed by atoms with E-state index in [1.807, 2.05) is 6.07 Å². The fourth-order valence-corrected chi connectivity index (χ4v) is 1.91. The molecule has 1 N–H and O–H groups in total. The van der Waals surface area contributed by atoms with Crippen LogP contribution in [0, 0.1) is 0 Å². The number of carbonyl (C=O) groups is 1. The van der Waals surface area contributed by atoms with Crippen LogP contribution in [0.2, 0.25) is 0 Å². The molecular formula is C14H9NO3. The maximum Gasteiger partial charge on any atom is 0.417 e. The second kappa shape index (κ2) is 4.00. The summed E-state index contributed by atoms with van der Waals surface area (Å²) in [5.74, 6) is -0.698. The summed E-state index contributed by atoms with van der Waals surface area (Å²) >= 11 is 0. The van der Waals surface area contributed by atoms with Gasteiger partial charge in [-0.1, -0.05) is 36.4 Å². The van der Waals surface area contributed by atoms with Gasteiger partial charge in [0.05, 0.1) is 11.1 Å². The Labute approximate surface area is 102 Å². The van der Waals surface area contributed by atoms with Crippen LogP contribution >= 0.6 is 0 Å². The molecular weight excluding hydrogens is 230 g/mol. The Morgan fingerprint density at radius 3 is 2.56 bits per heavy atom. The lowest BCUT2D eigenvalue weighted by atomic mass is 10.0. The number of hydrogen-bond donors (Lipinski definition) is 1. The second-order valence-corrected chi connectivity index (χ2v) is 3.89. The highest BCUT2D eigenvalue weighted by Gasteiger charge is 2.14. The molecule has 0 unspecified atom stereocenters. The van der Waals surface area contributed by atoms with Crippen LogP contribution in [-0.4, -0.2) is 10.8 Å². The first kappa shape index (κ1) is 10.5. The largest absolute Gasteiger partial charge is 0.417 e. The van der Waals surface area contributed by atoms with Crippen molar-refractivity contribution >= 4 is 16.9 Å². The maximum atomic E-state index is 12.3. The fourth-order valence-electron chi connectivity index (χ4n) is 1.91. The van der Waals surface area contributed by atoms with E-state index >= 15 is 0 Å². The molecule has 18 heavy (non-hydrogen) atoms. The van der Waals surface area contributed by atoms with E-state index in [1.165, 1.54) is 0 Å². The standard InChI is InChI=1S/C14H9NO3/c16-13(9-5-2-1-3-6-9)10-7-4-8-11-12(10)15-14(17)18-11/h1-8H,(H,15,17). The number of hydrogen-bond acceptors (Lipinski definition) is 3. The molecule has 0 saturated heterocycles. The number of rotatable bonds is 2. The van der Waals surface area contributed by atoms with Crippen LogP contribution in [0.25, 0.3) is 11.1 Å². The molecule has 0 aliphatic rings. The molecule has 0 bridgehead atoms. The van der Waals surface area contributed by atoms with Crippen molar-refractivity contribution in [2.75, 3.05) is 0 Å². The first-order valence-electron chi connectivity index (χ1n) is 5.47. The first-order chi connectivity index (χ1) is 8.75. The zero-order valence-corrected chi connectivity index (χ0v) is 9.34. The van der Waals surface area contributed by atoms with Crippen LogP contribution < -0.4 is 5.76 Å². The van der Waals surface area contributed by atoms with Gasteiger partial charge < -0.3 is 4.42 Å². The van der Waals surface area contributed by atoms with E-state index in [1.54, 1.807) is 42.5 Å². The van der Waals surface area contributed by atoms with Gasteiger partial charge in [-0.15, -0.1) is 0 Å². The van der Waals surface area contributed by atoms with Crippen molar-refractivity contribution in [1.29, 1.82) is 0 Å². The molecule has 88 valence electrons. The molecule has 4 nitrogen and oxygen atoms in total. The minimum absolute atomic E-state index is 0.141. The number of para-hydroxylation sites is 1. The number of aromatic nitrogens is 1. The fraction of sp³-hybridized carbons (Fsp3) is 0. The van der Waals surface area contributed by atoms with E-state index in [-0.39, 0.29) is 5.78 Å².